The molecule has 1 saturated heterocycles. The van der Waals surface area contributed by atoms with Crippen LogP contribution in [0.3, 0.4) is 0 Å². The molecule has 94 valence electrons. The van der Waals surface area contributed by atoms with Gasteiger partial charge in [-0.2, -0.15) is 0 Å². The Hall–Kier alpha value is -0.610. The van der Waals surface area contributed by atoms with Crippen LogP contribution in [-0.2, 0) is 14.3 Å². The molecule has 0 unspecified atom stereocenters. The van der Waals surface area contributed by atoms with Crippen LogP contribution >= 0.6 is 0 Å². The Morgan fingerprint density at radius 2 is 2.00 bits per heavy atom. The molecule has 1 N–H and O–H groups in total. The highest BCUT2D eigenvalue weighted by molar-refractivity contribution is 5.75. The van der Waals surface area contributed by atoms with Gasteiger partial charge in [-0.25, -0.2) is 0 Å². The molecule has 1 aliphatic heterocycles. The molecule has 0 spiro atoms. The topological polar surface area (TPSA) is 47.6 Å². The first-order valence-electron chi connectivity index (χ1n) is 6.06. The lowest BCUT2D eigenvalue weighted by Gasteiger charge is -2.33. The minimum atomic E-state index is -0.511. The number of ether oxygens (including phenoxy) is 2. The van der Waals surface area contributed by atoms with Crippen LogP contribution < -0.4 is 5.32 Å². The summed E-state index contributed by atoms with van der Waals surface area (Å²) in [5, 5.41) is 2.89. The third-order valence-corrected chi connectivity index (χ3v) is 2.60. The Morgan fingerprint density at radius 3 is 2.56 bits per heavy atom. The van der Waals surface area contributed by atoms with E-state index in [4.69, 9.17) is 9.47 Å². The number of carbonyl (C=O) groups excluding carboxylic acids is 1. The van der Waals surface area contributed by atoms with E-state index in [1.807, 2.05) is 20.8 Å². The summed E-state index contributed by atoms with van der Waals surface area (Å²) >= 11 is 0. The molecule has 0 aromatic rings. The Labute approximate surface area is 97.7 Å². The van der Waals surface area contributed by atoms with E-state index in [0.29, 0.717) is 25.3 Å². The van der Waals surface area contributed by atoms with Crippen LogP contribution in [0.15, 0.2) is 0 Å². The molecular formula is C12H23NO3. The lowest BCUT2D eigenvalue weighted by molar-refractivity contribution is -0.257. The normalized spacial score (nSPS) is 19.8. The van der Waals surface area contributed by atoms with Crippen molar-refractivity contribution in [2.75, 3.05) is 19.8 Å². The van der Waals surface area contributed by atoms with Crippen LogP contribution in [0.5, 0.6) is 0 Å². The van der Waals surface area contributed by atoms with Crippen molar-refractivity contribution < 1.29 is 14.3 Å². The Kier molecular flexibility index (Phi) is 5.22. The molecule has 0 saturated carbocycles. The molecule has 16 heavy (non-hydrogen) atoms. The quantitative estimate of drug-likeness (QED) is 0.780. The van der Waals surface area contributed by atoms with E-state index in [1.54, 1.807) is 0 Å². The van der Waals surface area contributed by atoms with Gasteiger partial charge in [-0.15, -0.1) is 0 Å². The second-order valence-corrected chi connectivity index (χ2v) is 4.88. The van der Waals surface area contributed by atoms with E-state index in [2.05, 4.69) is 5.32 Å². The highest BCUT2D eigenvalue weighted by Crippen LogP contribution is 2.21. The third kappa shape index (κ3) is 4.94. The molecule has 1 rings (SSSR count). The smallest absolute Gasteiger partial charge is 0.220 e. The van der Waals surface area contributed by atoms with Crippen LogP contribution in [0.25, 0.3) is 0 Å². The SMILES string of the molecule is CC(C)CC(=O)NCCC1(C)OCCCO1. The lowest BCUT2D eigenvalue weighted by Crippen LogP contribution is -2.41. The van der Waals surface area contributed by atoms with E-state index in [1.165, 1.54) is 0 Å². The van der Waals surface area contributed by atoms with Crippen LogP contribution in [0.2, 0.25) is 0 Å². The van der Waals surface area contributed by atoms with Crippen molar-refractivity contribution in [3.05, 3.63) is 0 Å². The number of amides is 1. The maximum absolute atomic E-state index is 11.4. The average molecular weight is 229 g/mol. The zero-order chi connectivity index (χ0) is 12.0. The van der Waals surface area contributed by atoms with Gasteiger partial charge in [0.1, 0.15) is 0 Å². The predicted molar refractivity (Wildman–Crippen MR) is 62.0 cm³/mol. The van der Waals surface area contributed by atoms with E-state index in [0.717, 1.165) is 19.6 Å². The van der Waals surface area contributed by atoms with E-state index < -0.39 is 5.79 Å². The van der Waals surface area contributed by atoms with Crippen LogP contribution in [0.4, 0.5) is 0 Å². The molecule has 0 radical (unpaired) electrons. The maximum atomic E-state index is 11.4. The van der Waals surface area contributed by atoms with Gasteiger partial charge >= 0.3 is 0 Å². The van der Waals surface area contributed by atoms with Crippen molar-refractivity contribution in [2.24, 2.45) is 5.92 Å². The van der Waals surface area contributed by atoms with Crippen LogP contribution in [0.1, 0.15) is 40.0 Å². The molecule has 0 atom stereocenters. The second kappa shape index (κ2) is 6.21. The zero-order valence-electron chi connectivity index (χ0n) is 10.5. The van der Waals surface area contributed by atoms with Crippen molar-refractivity contribution in [1.29, 1.82) is 0 Å². The molecule has 1 amide bonds. The molecular weight excluding hydrogens is 206 g/mol. The number of hydrogen-bond acceptors (Lipinski definition) is 3. The van der Waals surface area contributed by atoms with Gasteiger partial charge in [0.25, 0.3) is 0 Å². The molecule has 0 bridgehead atoms. The monoisotopic (exact) mass is 229 g/mol. The summed E-state index contributed by atoms with van der Waals surface area (Å²) in [5.41, 5.74) is 0. The number of hydrogen-bond donors (Lipinski definition) is 1. The largest absolute Gasteiger partial charge is 0.356 e. The molecule has 1 aliphatic rings. The molecule has 1 fully saturated rings. The van der Waals surface area contributed by atoms with Crippen molar-refractivity contribution >= 4 is 5.91 Å². The van der Waals surface area contributed by atoms with Gasteiger partial charge in [0.15, 0.2) is 5.79 Å². The standard InChI is InChI=1S/C12H23NO3/c1-10(2)9-11(14)13-6-5-12(3)15-7-4-8-16-12/h10H,4-9H2,1-3H3,(H,13,14). The van der Waals surface area contributed by atoms with E-state index in [9.17, 15) is 4.79 Å². The van der Waals surface area contributed by atoms with Gasteiger partial charge in [0.2, 0.25) is 5.91 Å². The van der Waals surface area contributed by atoms with Crippen molar-refractivity contribution in [1.82, 2.24) is 5.32 Å². The first-order valence-corrected chi connectivity index (χ1v) is 6.06. The number of rotatable bonds is 5. The van der Waals surface area contributed by atoms with Gasteiger partial charge in [0, 0.05) is 19.4 Å². The highest BCUT2D eigenvalue weighted by atomic mass is 16.7. The van der Waals surface area contributed by atoms with Crippen molar-refractivity contribution in [3.8, 4) is 0 Å². The van der Waals surface area contributed by atoms with Gasteiger partial charge in [0.05, 0.1) is 13.2 Å². The third-order valence-electron chi connectivity index (χ3n) is 2.60. The van der Waals surface area contributed by atoms with Crippen LogP contribution in [0, 0.1) is 5.92 Å². The number of nitrogens with one attached hydrogen (secondary N) is 1. The molecule has 0 aromatic carbocycles. The molecule has 0 aliphatic carbocycles. The van der Waals surface area contributed by atoms with Crippen LogP contribution in [-0.4, -0.2) is 31.5 Å². The summed E-state index contributed by atoms with van der Waals surface area (Å²) in [5.74, 6) is -0.00391. The molecule has 4 heteroatoms. The Bertz CT molecular complexity index is 222. The van der Waals surface area contributed by atoms with Gasteiger partial charge in [-0.1, -0.05) is 13.8 Å². The molecule has 1 heterocycles. The van der Waals surface area contributed by atoms with Gasteiger partial charge in [-0.3, -0.25) is 4.79 Å². The minimum absolute atomic E-state index is 0.106. The highest BCUT2D eigenvalue weighted by Gasteiger charge is 2.28. The van der Waals surface area contributed by atoms with Crippen molar-refractivity contribution in [2.45, 2.75) is 45.8 Å². The summed E-state index contributed by atoms with van der Waals surface area (Å²) < 4.78 is 11.1. The van der Waals surface area contributed by atoms with Gasteiger partial charge in [-0.05, 0) is 19.3 Å². The fourth-order valence-corrected chi connectivity index (χ4v) is 1.69. The van der Waals surface area contributed by atoms with E-state index >= 15 is 0 Å². The second-order valence-electron chi connectivity index (χ2n) is 4.88. The Morgan fingerprint density at radius 1 is 1.38 bits per heavy atom. The fourth-order valence-electron chi connectivity index (χ4n) is 1.69. The lowest BCUT2D eigenvalue weighted by atomic mass is 10.1. The average Bonchev–Trinajstić information content (AvgIpc) is 2.17. The van der Waals surface area contributed by atoms with Crippen molar-refractivity contribution in [3.63, 3.8) is 0 Å². The minimum Gasteiger partial charge on any atom is -0.356 e. The fraction of sp³-hybridized carbons (Fsp3) is 0.917. The van der Waals surface area contributed by atoms with Gasteiger partial charge < -0.3 is 14.8 Å². The van der Waals surface area contributed by atoms with E-state index in [-0.39, 0.29) is 5.91 Å². The predicted octanol–water partition coefficient (Wildman–Crippen LogP) is 1.69. The molecule has 4 nitrogen and oxygen atoms in total. The molecule has 0 aromatic heterocycles. The first kappa shape index (κ1) is 13.5. The summed E-state index contributed by atoms with van der Waals surface area (Å²) in [4.78, 5) is 11.4. The first-order chi connectivity index (χ1) is 7.52. The Balaban J connectivity index is 2.16. The summed E-state index contributed by atoms with van der Waals surface area (Å²) in [6, 6.07) is 0. The summed E-state index contributed by atoms with van der Waals surface area (Å²) in [7, 11) is 0. The summed E-state index contributed by atoms with van der Waals surface area (Å²) in [6.45, 7) is 8.11. The number of carbonyl (C=O) groups is 1. The summed E-state index contributed by atoms with van der Waals surface area (Å²) in [6.07, 6.45) is 2.24. The maximum Gasteiger partial charge on any atom is 0.220 e. The zero-order valence-corrected chi connectivity index (χ0v) is 10.5.